The number of amides is 2. The van der Waals surface area contributed by atoms with Gasteiger partial charge in [-0.1, -0.05) is 25.0 Å². The molecule has 1 N–H and O–H groups in total. The molecule has 3 fully saturated rings. The molecule has 1 aromatic carbocycles. The Labute approximate surface area is 311 Å². The molecule has 10 heteroatoms. The summed E-state index contributed by atoms with van der Waals surface area (Å²) in [7, 11) is 0. The molecule has 2 aromatic heterocycles. The van der Waals surface area contributed by atoms with Crippen molar-refractivity contribution in [1.82, 2.24) is 19.8 Å². The molecule has 2 amide bonds. The summed E-state index contributed by atoms with van der Waals surface area (Å²) in [6.07, 6.45) is 15.4. The number of H-pyrrole nitrogens is 1. The predicted molar refractivity (Wildman–Crippen MR) is 207 cm³/mol. The molecule has 52 heavy (non-hydrogen) atoms. The molecule has 3 aliphatic heterocycles. The lowest BCUT2D eigenvalue weighted by atomic mass is 9.82. The molecule has 0 unspecified atom stereocenters. The standard InChI is InChI=1S/C42H53N5O4S/c1-40(2,3)50-38(48)46-19-9-11-33(46)31-21-26(24-43-31)27-13-14-28(30-23-42(22-29(27)30)17-7-8-18-42)35-15-16-36(52-35)32-25-44-37(45-32)34-12-10-20-47(34)39(49)51-41(4,5)6/h13-16,24-25,33-34H,7-12,17-23H2,1-6H3,(H,44,45)/t33-,34-/m0/s1. The number of hydrogen-bond acceptors (Lipinski definition) is 7. The topological polar surface area (TPSA) is 100 Å². The second kappa shape index (κ2) is 13.2. The zero-order valence-electron chi connectivity index (χ0n) is 31.6. The summed E-state index contributed by atoms with van der Waals surface area (Å²) in [6, 6.07) is 9.04. The van der Waals surface area contributed by atoms with E-state index in [0.29, 0.717) is 18.5 Å². The van der Waals surface area contributed by atoms with E-state index in [1.807, 2.05) is 57.5 Å². The van der Waals surface area contributed by atoms with Crippen molar-refractivity contribution < 1.29 is 19.1 Å². The van der Waals surface area contributed by atoms with E-state index in [4.69, 9.17) is 19.5 Å². The summed E-state index contributed by atoms with van der Waals surface area (Å²) in [6.45, 7) is 12.9. The van der Waals surface area contributed by atoms with Gasteiger partial charge in [-0.05, 0) is 138 Å². The van der Waals surface area contributed by atoms with Crippen molar-refractivity contribution in [3.63, 3.8) is 0 Å². The smallest absolute Gasteiger partial charge is 0.410 e. The molecular formula is C42H53N5O4S. The van der Waals surface area contributed by atoms with Gasteiger partial charge in [-0.15, -0.1) is 11.3 Å². The fourth-order valence-electron chi connectivity index (χ4n) is 9.24. The summed E-state index contributed by atoms with van der Waals surface area (Å²) in [5.41, 5.74) is 8.32. The fraction of sp³-hybridized carbons (Fsp3) is 0.571. The monoisotopic (exact) mass is 723 g/mol. The summed E-state index contributed by atoms with van der Waals surface area (Å²) in [5, 5.41) is 0. The number of aliphatic imine (C=N–C) groups is 1. The minimum Gasteiger partial charge on any atom is -0.444 e. The largest absolute Gasteiger partial charge is 0.444 e. The van der Waals surface area contributed by atoms with Gasteiger partial charge in [-0.25, -0.2) is 14.6 Å². The first-order chi connectivity index (χ1) is 24.8. The van der Waals surface area contributed by atoms with E-state index in [1.165, 1.54) is 58.4 Å². The van der Waals surface area contributed by atoms with Gasteiger partial charge in [-0.3, -0.25) is 14.8 Å². The second-order valence-corrected chi connectivity index (χ2v) is 18.7. The van der Waals surface area contributed by atoms with E-state index < -0.39 is 11.2 Å². The van der Waals surface area contributed by atoms with Crippen molar-refractivity contribution in [2.45, 2.75) is 135 Å². The van der Waals surface area contributed by atoms with Crippen LogP contribution in [0.15, 0.2) is 41.7 Å². The van der Waals surface area contributed by atoms with Crippen molar-refractivity contribution in [3.8, 4) is 21.0 Å². The number of nitrogens with one attached hydrogen (secondary N) is 1. The molecule has 2 saturated heterocycles. The maximum Gasteiger partial charge on any atom is 0.410 e. The number of aromatic nitrogens is 2. The maximum absolute atomic E-state index is 13.1. The molecule has 276 valence electrons. The van der Waals surface area contributed by atoms with E-state index in [1.54, 1.807) is 11.3 Å². The van der Waals surface area contributed by atoms with Gasteiger partial charge in [0.05, 0.1) is 28.9 Å². The molecule has 1 spiro atoms. The molecule has 1 saturated carbocycles. The summed E-state index contributed by atoms with van der Waals surface area (Å²) < 4.78 is 11.5. The Morgan fingerprint density at radius 2 is 1.40 bits per heavy atom. The van der Waals surface area contributed by atoms with Gasteiger partial charge in [0.15, 0.2) is 0 Å². The quantitative estimate of drug-likeness (QED) is 0.283. The van der Waals surface area contributed by atoms with Crippen molar-refractivity contribution in [3.05, 3.63) is 59.2 Å². The van der Waals surface area contributed by atoms with Crippen molar-refractivity contribution in [2.75, 3.05) is 13.1 Å². The second-order valence-electron chi connectivity index (χ2n) is 17.6. The maximum atomic E-state index is 13.1. The van der Waals surface area contributed by atoms with Crippen LogP contribution in [0.4, 0.5) is 9.59 Å². The Balaban J connectivity index is 1.03. The number of nitrogens with zero attached hydrogens (tertiary/aromatic N) is 4. The van der Waals surface area contributed by atoms with Gasteiger partial charge < -0.3 is 14.5 Å². The molecule has 5 aliphatic rings. The molecule has 0 bridgehead atoms. The molecule has 0 radical (unpaired) electrons. The highest BCUT2D eigenvalue weighted by molar-refractivity contribution is 7.18. The normalized spacial score (nSPS) is 22.7. The van der Waals surface area contributed by atoms with Crippen LogP contribution in [0, 0.1) is 5.41 Å². The van der Waals surface area contributed by atoms with Crippen molar-refractivity contribution in [1.29, 1.82) is 0 Å². The molecule has 8 rings (SSSR count). The first kappa shape index (κ1) is 35.1. The van der Waals surface area contributed by atoms with Crippen molar-refractivity contribution >= 4 is 34.8 Å². The van der Waals surface area contributed by atoms with E-state index in [0.717, 1.165) is 67.1 Å². The van der Waals surface area contributed by atoms with E-state index in [9.17, 15) is 9.59 Å². The van der Waals surface area contributed by atoms with Crippen LogP contribution in [-0.2, 0) is 22.3 Å². The van der Waals surface area contributed by atoms with E-state index >= 15 is 0 Å². The van der Waals surface area contributed by atoms with E-state index in [-0.39, 0.29) is 24.3 Å². The SMILES string of the molecule is CC(C)(C)OC(=O)N1CCC[C@H]1C1=NC=C(c2ccc(-c3ccc(-c4cnc([C@@H]5CCCN5C(=O)OC(C)(C)C)[nH]4)s3)c3c2CC2(CCCC2)C3)C1. The average molecular weight is 724 g/mol. The highest BCUT2D eigenvalue weighted by Crippen LogP contribution is 2.53. The third kappa shape index (κ3) is 6.83. The minimum atomic E-state index is -0.535. The van der Waals surface area contributed by atoms with Gasteiger partial charge >= 0.3 is 12.2 Å². The number of hydrogen-bond donors (Lipinski definition) is 1. The lowest BCUT2D eigenvalue weighted by molar-refractivity contribution is 0.0216. The predicted octanol–water partition coefficient (Wildman–Crippen LogP) is 10.1. The zero-order valence-corrected chi connectivity index (χ0v) is 32.5. The van der Waals surface area contributed by atoms with Crippen LogP contribution in [0.5, 0.6) is 0 Å². The average Bonchev–Trinajstić information content (AvgIpc) is 3.92. The minimum absolute atomic E-state index is 0.00122. The number of carbonyl (C=O) groups excluding carboxylic acids is 2. The van der Waals surface area contributed by atoms with Crippen LogP contribution < -0.4 is 0 Å². The Morgan fingerprint density at radius 3 is 2.08 bits per heavy atom. The van der Waals surface area contributed by atoms with Gasteiger partial charge in [0, 0.05) is 36.3 Å². The molecular weight excluding hydrogens is 671 g/mol. The number of rotatable bonds is 5. The van der Waals surface area contributed by atoms with Gasteiger partial charge in [0.25, 0.3) is 0 Å². The highest BCUT2D eigenvalue weighted by atomic mass is 32.1. The molecule has 2 atom stereocenters. The number of imidazole rings is 1. The van der Waals surface area contributed by atoms with Crippen LogP contribution >= 0.6 is 11.3 Å². The van der Waals surface area contributed by atoms with Crippen LogP contribution in [0.3, 0.4) is 0 Å². The Kier molecular flexibility index (Phi) is 8.91. The molecule has 5 heterocycles. The molecule has 3 aromatic rings. The van der Waals surface area contributed by atoms with Crippen LogP contribution in [0.2, 0.25) is 0 Å². The third-order valence-electron chi connectivity index (χ3n) is 11.5. The number of carbonyl (C=O) groups is 2. The molecule has 9 nitrogen and oxygen atoms in total. The van der Waals surface area contributed by atoms with Crippen molar-refractivity contribution in [2.24, 2.45) is 10.4 Å². The van der Waals surface area contributed by atoms with Gasteiger partial charge in [0.1, 0.15) is 17.0 Å². The van der Waals surface area contributed by atoms with Crippen LogP contribution in [0.25, 0.3) is 26.6 Å². The summed E-state index contributed by atoms with van der Waals surface area (Å²) in [4.78, 5) is 45.5. The van der Waals surface area contributed by atoms with Gasteiger partial charge in [0.2, 0.25) is 0 Å². The zero-order chi connectivity index (χ0) is 36.4. The Morgan fingerprint density at radius 1 is 0.808 bits per heavy atom. The van der Waals surface area contributed by atoms with Crippen LogP contribution in [0.1, 0.15) is 128 Å². The number of thiophene rings is 1. The lowest BCUT2D eigenvalue weighted by Gasteiger charge is -2.29. The first-order valence-corrected chi connectivity index (χ1v) is 20.1. The lowest BCUT2D eigenvalue weighted by Crippen LogP contribution is -2.43. The number of ether oxygens (including phenoxy) is 2. The number of benzene rings is 1. The Hall–Kier alpha value is -3.92. The molecule has 2 aliphatic carbocycles. The number of likely N-dealkylation sites (tertiary alicyclic amines) is 2. The van der Waals surface area contributed by atoms with Crippen LogP contribution in [-0.4, -0.2) is 68.0 Å². The summed E-state index contributed by atoms with van der Waals surface area (Å²) in [5.74, 6) is 0.819. The number of aromatic amines is 1. The number of allylic oxidation sites excluding steroid dienone is 1. The number of fused-ring (bicyclic) bond motifs is 1. The first-order valence-electron chi connectivity index (χ1n) is 19.3. The van der Waals surface area contributed by atoms with E-state index in [2.05, 4.69) is 35.4 Å². The third-order valence-corrected chi connectivity index (χ3v) is 12.6. The van der Waals surface area contributed by atoms with Gasteiger partial charge in [-0.2, -0.15) is 0 Å². The Bertz CT molecular complexity index is 1930. The summed E-state index contributed by atoms with van der Waals surface area (Å²) >= 11 is 1.81. The fourth-order valence-corrected chi connectivity index (χ4v) is 10.3. The highest BCUT2D eigenvalue weighted by Gasteiger charge is 2.43.